The van der Waals surface area contributed by atoms with E-state index in [1.54, 1.807) is 6.20 Å². The van der Waals surface area contributed by atoms with Crippen LogP contribution in [0.5, 0.6) is 0 Å². The first-order valence-electron chi connectivity index (χ1n) is 6.84. The molecule has 3 rings (SSSR count). The molecule has 2 aromatic rings. The molecule has 1 aliphatic heterocycles. The molecule has 102 valence electrons. The fraction of sp³-hybridized carbons (Fsp3) is 0.400. The number of aryl methyl sites for hydroxylation is 1. The van der Waals surface area contributed by atoms with Gasteiger partial charge in [0.1, 0.15) is 0 Å². The molecule has 0 aliphatic carbocycles. The summed E-state index contributed by atoms with van der Waals surface area (Å²) < 4.78 is 2.01. The molecule has 0 amide bonds. The van der Waals surface area contributed by atoms with E-state index in [-0.39, 0.29) is 0 Å². The Labute approximate surface area is 118 Å². The molecule has 0 atom stereocenters. The zero-order chi connectivity index (χ0) is 13.9. The molecule has 0 N–H and O–H groups in total. The van der Waals surface area contributed by atoms with Crippen LogP contribution in [-0.4, -0.2) is 33.3 Å². The Morgan fingerprint density at radius 3 is 3.10 bits per heavy atom. The van der Waals surface area contributed by atoms with Crippen LogP contribution in [0.2, 0.25) is 0 Å². The van der Waals surface area contributed by atoms with Crippen LogP contribution in [-0.2, 0) is 19.5 Å². The molecule has 0 saturated heterocycles. The quantitative estimate of drug-likeness (QED) is 0.851. The van der Waals surface area contributed by atoms with Crippen molar-refractivity contribution in [1.29, 1.82) is 5.26 Å². The number of fused-ring (bicyclic) bond motifs is 1. The van der Waals surface area contributed by atoms with Gasteiger partial charge in [-0.05, 0) is 19.2 Å². The van der Waals surface area contributed by atoms with Gasteiger partial charge in [-0.2, -0.15) is 10.4 Å². The lowest BCUT2D eigenvalue weighted by Gasteiger charge is -2.23. The zero-order valence-electron chi connectivity index (χ0n) is 11.6. The highest BCUT2D eigenvalue weighted by Crippen LogP contribution is 2.29. The van der Waals surface area contributed by atoms with Crippen molar-refractivity contribution in [3.05, 3.63) is 35.8 Å². The normalized spacial score (nSPS) is 14.8. The van der Waals surface area contributed by atoms with Gasteiger partial charge in [0.05, 0.1) is 24.7 Å². The second-order valence-corrected chi connectivity index (χ2v) is 5.13. The fourth-order valence-corrected chi connectivity index (χ4v) is 2.70. The predicted molar refractivity (Wildman–Crippen MR) is 75.7 cm³/mol. The lowest BCUT2D eigenvalue weighted by molar-refractivity contribution is 0.307. The average molecular weight is 267 g/mol. The molecule has 5 nitrogen and oxygen atoms in total. The molecule has 0 aromatic carbocycles. The number of rotatable bonds is 3. The highest BCUT2D eigenvalue weighted by molar-refractivity contribution is 5.63. The van der Waals surface area contributed by atoms with Gasteiger partial charge in [0.15, 0.2) is 0 Å². The number of hydrogen-bond acceptors (Lipinski definition) is 4. The van der Waals surface area contributed by atoms with Crippen LogP contribution in [0.4, 0.5) is 0 Å². The summed E-state index contributed by atoms with van der Waals surface area (Å²) in [5, 5.41) is 13.5. The summed E-state index contributed by atoms with van der Waals surface area (Å²) in [5.74, 6) is 0. The summed E-state index contributed by atoms with van der Waals surface area (Å²) in [5.41, 5.74) is 4.62. The summed E-state index contributed by atoms with van der Waals surface area (Å²) in [4.78, 5) is 6.49. The second kappa shape index (κ2) is 5.43. The van der Waals surface area contributed by atoms with E-state index in [2.05, 4.69) is 23.0 Å². The molecule has 0 spiro atoms. The number of likely N-dealkylation sites (N-methyl/N-ethyl adjacent to an activating group) is 1. The van der Waals surface area contributed by atoms with Crippen LogP contribution in [0.15, 0.2) is 24.5 Å². The van der Waals surface area contributed by atoms with Crippen molar-refractivity contribution in [3.8, 4) is 17.3 Å². The predicted octanol–water partition coefficient (Wildman–Crippen LogP) is 1.85. The Kier molecular flexibility index (Phi) is 3.48. The lowest BCUT2D eigenvalue weighted by Crippen LogP contribution is -2.27. The minimum absolute atomic E-state index is 0.496. The maximum atomic E-state index is 8.79. The molecule has 20 heavy (non-hydrogen) atoms. The Balaban J connectivity index is 2.06. The van der Waals surface area contributed by atoms with E-state index >= 15 is 0 Å². The first-order chi connectivity index (χ1) is 9.79. The van der Waals surface area contributed by atoms with E-state index in [4.69, 9.17) is 10.4 Å². The number of hydrogen-bond donors (Lipinski definition) is 0. The molecule has 0 fully saturated rings. The third kappa shape index (κ3) is 2.30. The largest absolute Gasteiger partial charge is 0.302 e. The van der Waals surface area contributed by atoms with Crippen LogP contribution in [0, 0.1) is 11.3 Å². The van der Waals surface area contributed by atoms with Crippen LogP contribution < -0.4 is 0 Å². The van der Waals surface area contributed by atoms with Crippen molar-refractivity contribution >= 4 is 0 Å². The monoisotopic (exact) mass is 267 g/mol. The topological polar surface area (TPSA) is 57.7 Å². The summed E-state index contributed by atoms with van der Waals surface area (Å²) in [6, 6.07) is 6.17. The van der Waals surface area contributed by atoms with Gasteiger partial charge in [0.25, 0.3) is 0 Å². The first-order valence-corrected chi connectivity index (χ1v) is 6.84. The molecule has 0 radical (unpaired) electrons. The SMILES string of the molecule is CN1CCc2c(c(-c3cccnc3)nn2CCC#N)C1. The maximum Gasteiger partial charge on any atom is 0.0986 e. The number of nitrogens with zero attached hydrogens (tertiary/aromatic N) is 5. The smallest absolute Gasteiger partial charge is 0.0986 e. The molecule has 3 heterocycles. The minimum Gasteiger partial charge on any atom is -0.302 e. The van der Waals surface area contributed by atoms with Crippen LogP contribution in [0.25, 0.3) is 11.3 Å². The van der Waals surface area contributed by atoms with Crippen LogP contribution in [0.3, 0.4) is 0 Å². The van der Waals surface area contributed by atoms with Crippen molar-refractivity contribution in [2.75, 3.05) is 13.6 Å². The molecular weight excluding hydrogens is 250 g/mol. The Morgan fingerprint density at radius 1 is 1.45 bits per heavy atom. The van der Waals surface area contributed by atoms with Gasteiger partial charge in [-0.25, -0.2) is 0 Å². The van der Waals surface area contributed by atoms with Gasteiger partial charge < -0.3 is 4.90 Å². The third-order valence-electron chi connectivity index (χ3n) is 3.70. The third-order valence-corrected chi connectivity index (χ3v) is 3.70. The summed E-state index contributed by atoms with van der Waals surface area (Å²) >= 11 is 0. The van der Waals surface area contributed by atoms with Gasteiger partial charge in [-0.3, -0.25) is 9.67 Å². The Bertz CT molecular complexity index is 638. The molecular formula is C15H17N5. The van der Waals surface area contributed by atoms with E-state index in [0.717, 1.165) is 30.8 Å². The highest BCUT2D eigenvalue weighted by atomic mass is 15.3. The molecule has 1 aliphatic rings. The van der Waals surface area contributed by atoms with Gasteiger partial charge in [0, 0.05) is 48.7 Å². The van der Waals surface area contributed by atoms with Crippen molar-refractivity contribution in [1.82, 2.24) is 19.7 Å². The molecule has 2 aromatic heterocycles. The molecule has 0 saturated carbocycles. The van der Waals surface area contributed by atoms with Crippen molar-refractivity contribution in [2.45, 2.75) is 25.9 Å². The number of nitriles is 1. The van der Waals surface area contributed by atoms with E-state index in [1.165, 1.54) is 11.3 Å². The molecule has 0 unspecified atom stereocenters. The van der Waals surface area contributed by atoms with E-state index < -0.39 is 0 Å². The van der Waals surface area contributed by atoms with Crippen LogP contribution in [0.1, 0.15) is 17.7 Å². The Hall–Kier alpha value is -2.19. The molecule has 5 heteroatoms. The van der Waals surface area contributed by atoms with Gasteiger partial charge in [-0.15, -0.1) is 0 Å². The van der Waals surface area contributed by atoms with Crippen molar-refractivity contribution in [2.24, 2.45) is 0 Å². The Morgan fingerprint density at radius 2 is 2.35 bits per heavy atom. The van der Waals surface area contributed by atoms with Crippen LogP contribution >= 0.6 is 0 Å². The number of pyridine rings is 1. The average Bonchev–Trinajstić information content (AvgIpc) is 2.84. The van der Waals surface area contributed by atoms with Crippen molar-refractivity contribution < 1.29 is 0 Å². The van der Waals surface area contributed by atoms with Gasteiger partial charge in [-0.1, -0.05) is 0 Å². The standard InChI is InChI=1S/C15H17N5/c1-19-9-5-14-13(11-19)15(12-4-2-7-17-10-12)18-20(14)8-3-6-16/h2,4,7,10H,3,5,8-9,11H2,1H3. The van der Waals surface area contributed by atoms with Gasteiger partial charge >= 0.3 is 0 Å². The molecule has 0 bridgehead atoms. The minimum atomic E-state index is 0.496. The summed E-state index contributed by atoms with van der Waals surface area (Å²) in [7, 11) is 2.13. The van der Waals surface area contributed by atoms with Crippen molar-refractivity contribution in [3.63, 3.8) is 0 Å². The summed E-state index contributed by atoms with van der Waals surface area (Å²) in [6.07, 6.45) is 5.11. The maximum absolute atomic E-state index is 8.79. The first kappa shape index (κ1) is 12.8. The summed E-state index contributed by atoms with van der Waals surface area (Å²) in [6.45, 7) is 2.62. The van der Waals surface area contributed by atoms with E-state index in [0.29, 0.717) is 13.0 Å². The zero-order valence-corrected chi connectivity index (χ0v) is 11.6. The van der Waals surface area contributed by atoms with Gasteiger partial charge in [0.2, 0.25) is 0 Å². The lowest BCUT2D eigenvalue weighted by atomic mass is 10.0. The second-order valence-electron chi connectivity index (χ2n) is 5.13. The fourth-order valence-electron chi connectivity index (χ4n) is 2.70. The van der Waals surface area contributed by atoms with E-state index in [1.807, 2.05) is 23.0 Å². The van der Waals surface area contributed by atoms with E-state index in [9.17, 15) is 0 Å². The highest BCUT2D eigenvalue weighted by Gasteiger charge is 2.23. The number of aromatic nitrogens is 3.